The minimum Gasteiger partial charge on any atom is -0.495 e. The van der Waals surface area contributed by atoms with Crippen molar-refractivity contribution in [3.8, 4) is 5.75 Å². The van der Waals surface area contributed by atoms with E-state index in [0.29, 0.717) is 25.4 Å². The first-order chi connectivity index (χ1) is 11.1. The molecule has 2 saturated heterocycles. The number of rotatable bonds is 3. The molecule has 2 aliphatic rings. The van der Waals surface area contributed by atoms with Gasteiger partial charge in [-0.05, 0) is 25.0 Å². The van der Waals surface area contributed by atoms with E-state index in [2.05, 4.69) is 0 Å². The second-order valence-electron chi connectivity index (χ2n) is 6.24. The number of ether oxygens (including phenoxy) is 1. The number of carbonyl (C=O) groups excluding carboxylic acids is 2. The number of amides is 2. The van der Waals surface area contributed by atoms with E-state index in [1.807, 2.05) is 29.2 Å². The van der Waals surface area contributed by atoms with Gasteiger partial charge in [-0.25, -0.2) is 0 Å². The first kappa shape index (κ1) is 18.5. The lowest BCUT2D eigenvalue weighted by Gasteiger charge is -2.32. The highest BCUT2D eigenvalue weighted by atomic mass is 35.5. The van der Waals surface area contributed by atoms with Crippen LogP contribution in [0.25, 0.3) is 0 Å². The molecule has 24 heavy (non-hydrogen) atoms. The number of likely N-dealkylation sites (tertiary alicyclic amines) is 1. The van der Waals surface area contributed by atoms with Crippen molar-refractivity contribution in [2.75, 3.05) is 31.6 Å². The lowest BCUT2D eigenvalue weighted by molar-refractivity contribution is -0.136. The topological polar surface area (TPSA) is 75.9 Å². The molecule has 1 aromatic rings. The predicted molar refractivity (Wildman–Crippen MR) is 94.5 cm³/mol. The smallest absolute Gasteiger partial charge is 0.228 e. The van der Waals surface area contributed by atoms with E-state index in [4.69, 9.17) is 10.5 Å². The Bertz CT molecular complexity index is 602. The van der Waals surface area contributed by atoms with Gasteiger partial charge in [0, 0.05) is 32.1 Å². The normalized spacial score (nSPS) is 21.6. The standard InChI is InChI=1S/C17H23N3O3.ClH/c1-23-15-5-3-2-4-14(15)20-11-12(10-16(20)21)17(22)19-8-6-13(18)7-9-19;/h2-5,12-13H,6-11,18H2,1H3;1H. The Kier molecular flexibility index (Phi) is 6.07. The van der Waals surface area contributed by atoms with Gasteiger partial charge in [-0.1, -0.05) is 12.1 Å². The number of nitrogens with two attached hydrogens (primary N) is 1. The quantitative estimate of drug-likeness (QED) is 0.891. The van der Waals surface area contributed by atoms with Crippen molar-refractivity contribution in [3.63, 3.8) is 0 Å². The number of hydrogen-bond donors (Lipinski definition) is 1. The third-order valence-electron chi connectivity index (χ3n) is 4.70. The first-order valence-corrected chi connectivity index (χ1v) is 8.08. The van der Waals surface area contributed by atoms with Crippen LogP contribution in [0.4, 0.5) is 5.69 Å². The Balaban J connectivity index is 0.00000208. The molecule has 0 radical (unpaired) electrons. The molecule has 6 nitrogen and oxygen atoms in total. The van der Waals surface area contributed by atoms with Crippen molar-refractivity contribution in [2.45, 2.75) is 25.3 Å². The summed E-state index contributed by atoms with van der Waals surface area (Å²) in [5.41, 5.74) is 6.62. The molecule has 2 amide bonds. The molecule has 7 heteroatoms. The summed E-state index contributed by atoms with van der Waals surface area (Å²) in [6.07, 6.45) is 1.94. The summed E-state index contributed by atoms with van der Waals surface area (Å²) in [6.45, 7) is 1.80. The van der Waals surface area contributed by atoms with Crippen LogP contribution in [0, 0.1) is 5.92 Å². The summed E-state index contributed by atoms with van der Waals surface area (Å²) in [7, 11) is 1.58. The fourth-order valence-electron chi connectivity index (χ4n) is 3.34. The van der Waals surface area contributed by atoms with E-state index in [0.717, 1.165) is 18.5 Å². The van der Waals surface area contributed by atoms with Crippen LogP contribution in [0.3, 0.4) is 0 Å². The van der Waals surface area contributed by atoms with Crippen LogP contribution in [-0.2, 0) is 9.59 Å². The van der Waals surface area contributed by atoms with Crippen LogP contribution in [0.2, 0.25) is 0 Å². The van der Waals surface area contributed by atoms with Gasteiger partial charge in [0.1, 0.15) is 5.75 Å². The van der Waals surface area contributed by atoms with E-state index in [9.17, 15) is 9.59 Å². The van der Waals surface area contributed by atoms with Crippen LogP contribution in [0.5, 0.6) is 5.75 Å². The molecule has 1 atom stereocenters. The fourth-order valence-corrected chi connectivity index (χ4v) is 3.34. The Labute approximate surface area is 148 Å². The molecule has 0 bridgehead atoms. The third kappa shape index (κ3) is 3.65. The van der Waals surface area contributed by atoms with Crippen LogP contribution >= 0.6 is 12.4 Å². The monoisotopic (exact) mass is 353 g/mol. The summed E-state index contributed by atoms with van der Waals surface area (Å²) in [5.74, 6) is 0.420. The Morgan fingerprint density at radius 2 is 1.92 bits per heavy atom. The van der Waals surface area contributed by atoms with Gasteiger partial charge in [-0.3, -0.25) is 9.59 Å². The number of carbonyl (C=O) groups is 2. The van der Waals surface area contributed by atoms with Gasteiger partial charge < -0.3 is 20.3 Å². The molecule has 132 valence electrons. The number of anilines is 1. The van der Waals surface area contributed by atoms with Gasteiger partial charge in [-0.2, -0.15) is 0 Å². The van der Waals surface area contributed by atoms with Crippen molar-refractivity contribution in [3.05, 3.63) is 24.3 Å². The van der Waals surface area contributed by atoms with Crippen molar-refractivity contribution in [1.29, 1.82) is 0 Å². The van der Waals surface area contributed by atoms with Gasteiger partial charge in [-0.15, -0.1) is 12.4 Å². The average Bonchev–Trinajstić information content (AvgIpc) is 2.96. The Morgan fingerprint density at radius 3 is 2.58 bits per heavy atom. The highest BCUT2D eigenvalue weighted by molar-refractivity contribution is 6.01. The van der Waals surface area contributed by atoms with Gasteiger partial charge in [0.25, 0.3) is 0 Å². The largest absolute Gasteiger partial charge is 0.495 e. The molecule has 2 heterocycles. The maximum atomic E-state index is 12.7. The maximum Gasteiger partial charge on any atom is 0.228 e. The lowest BCUT2D eigenvalue weighted by Crippen LogP contribution is -2.45. The number of benzene rings is 1. The van der Waals surface area contributed by atoms with Crippen LogP contribution in [0.15, 0.2) is 24.3 Å². The highest BCUT2D eigenvalue weighted by Gasteiger charge is 2.38. The summed E-state index contributed by atoms with van der Waals surface area (Å²) in [4.78, 5) is 28.5. The molecular formula is C17H24ClN3O3. The molecule has 0 spiro atoms. The number of nitrogens with zero attached hydrogens (tertiary/aromatic N) is 2. The van der Waals surface area contributed by atoms with Crippen LogP contribution < -0.4 is 15.4 Å². The van der Waals surface area contributed by atoms with Crippen molar-refractivity contribution < 1.29 is 14.3 Å². The summed E-state index contributed by atoms with van der Waals surface area (Å²) >= 11 is 0. The van der Waals surface area contributed by atoms with Gasteiger partial charge in [0.15, 0.2) is 0 Å². The van der Waals surface area contributed by atoms with Crippen molar-refractivity contribution in [2.24, 2.45) is 11.7 Å². The lowest BCUT2D eigenvalue weighted by atomic mass is 10.0. The van der Waals surface area contributed by atoms with Crippen molar-refractivity contribution >= 4 is 29.9 Å². The van der Waals surface area contributed by atoms with E-state index < -0.39 is 0 Å². The Hall–Kier alpha value is -1.79. The molecule has 1 unspecified atom stereocenters. The van der Waals surface area contributed by atoms with E-state index in [-0.39, 0.29) is 42.6 Å². The molecule has 1 aromatic carbocycles. The second kappa shape index (κ2) is 7.85. The van der Waals surface area contributed by atoms with Gasteiger partial charge in [0.2, 0.25) is 11.8 Å². The second-order valence-corrected chi connectivity index (χ2v) is 6.24. The van der Waals surface area contributed by atoms with E-state index in [1.165, 1.54) is 0 Å². The SMILES string of the molecule is COc1ccccc1N1CC(C(=O)N2CCC(N)CC2)CC1=O.Cl. The summed E-state index contributed by atoms with van der Waals surface area (Å²) < 4.78 is 5.33. The zero-order valence-corrected chi connectivity index (χ0v) is 14.6. The number of hydrogen-bond acceptors (Lipinski definition) is 4. The minimum atomic E-state index is -0.276. The molecular weight excluding hydrogens is 330 g/mol. The average molecular weight is 354 g/mol. The fraction of sp³-hybridized carbons (Fsp3) is 0.529. The molecule has 3 rings (SSSR count). The predicted octanol–water partition coefficient (Wildman–Crippen LogP) is 1.42. The first-order valence-electron chi connectivity index (χ1n) is 8.08. The molecule has 2 aliphatic heterocycles. The van der Waals surface area contributed by atoms with Gasteiger partial charge >= 0.3 is 0 Å². The van der Waals surface area contributed by atoms with Gasteiger partial charge in [0.05, 0.1) is 18.7 Å². The van der Waals surface area contributed by atoms with Crippen LogP contribution in [-0.4, -0.2) is 49.5 Å². The zero-order chi connectivity index (χ0) is 16.4. The molecule has 0 aromatic heterocycles. The molecule has 2 fully saturated rings. The molecule has 2 N–H and O–H groups in total. The third-order valence-corrected chi connectivity index (χ3v) is 4.70. The maximum absolute atomic E-state index is 12.7. The summed E-state index contributed by atoms with van der Waals surface area (Å²) in [5, 5.41) is 0. The summed E-state index contributed by atoms with van der Waals surface area (Å²) in [6, 6.07) is 7.59. The van der Waals surface area contributed by atoms with Crippen LogP contribution in [0.1, 0.15) is 19.3 Å². The molecule has 0 aliphatic carbocycles. The van der Waals surface area contributed by atoms with E-state index >= 15 is 0 Å². The number of para-hydroxylation sites is 2. The number of halogens is 1. The highest BCUT2D eigenvalue weighted by Crippen LogP contribution is 2.33. The number of methoxy groups -OCH3 is 1. The van der Waals surface area contributed by atoms with Crippen molar-refractivity contribution in [1.82, 2.24) is 4.90 Å². The molecule has 0 saturated carbocycles. The Morgan fingerprint density at radius 1 is 1.25 bits per heavy atom. The number of piperidine rings is 1. The zero-order valence-electron chi connectivity index (χ0n) is 13.8. The minimum absolute atomic E-state index is 0. The van der Waals surface area contributed by atoms with E-state index in [1.54, 1.807) is 12.0 Å².